The number of rotatable bonds is 5. The number of hydrogen-bond acceptors (Lipinski definition) is 5. The highest BCUT2D eigenvalue weighted by Crippen LogP contribution is 2.30. The van der Waals surface area contributed by atoms with Crippen LogP contribution < -0.4 is 15.0 Å². The normalized spacial score (nSPS) is 13.0. The molecule has 0 saturated carbocycles. The van der Waals surface area contributed by atoms with Crippen LogP contribution in [0.3, 0.4) is 0 Å². The van der Waals surface area contributed by atoms with Crippen molar-refractivity contribution in [3.05, 3.63) is 108 Å². The van der Waals surface area contributed by atoms with E-state index in [4.69, 9.17) is 16.3 Å². The molecule has 6 nitrogen and oxygen atoms in total. The molecule has 0 saturated heterocycles. The van der Waals surface area contributed by atoms with Crippen molar-refractivity contribution in [1.29, 1.82) is 0 Å². The van der Waals surface area contributed by atoms with Crippen LogP contribution in [-0.2, 0) is 4.79 Å². The van der Waals surface area contributed by atoms with E-state index >= 15 is 0 Å². The number of ether oxygens (including phenoxy) is 1. The SMILES string of the molecule is O=C(Nc1ccc(Oc2ccnc3cnc(Cl)cc23)cc1)C1=CC=CN(c2ccccc2)C1. The van der Waals surface area contributed by atoms with E-state index in [2.05, 4.69) is 15.3 Å². The molecule has 0 fully saturated rings. The molecule has 0 atom stereocenters. The van der Waals surface area contributed by atoms with Crippen LogP contribution in [0.25, 0.3) is 10.9 Å². The van der Waals surface area contributed by atoms with Crippen LogP contribution in [0.5, 0.6) is 11.5 Å². The van der Waals surface area contributed by atoms with Crippen LogP contribution in [0.2, 0.25) is 5.15 Å². The number of benzene rings is 2. The van der Waals surface area contributed by atoms with Crippen molar-refractivity contribution in [2.45, 2.75) is 0 Å². The number of hydrogen-bond donors (Lipinski definition) is 1. The van der Waals surface area contributed by atoms with Gasteiger partial charge in [-0.3, -0.25) is 9.78 Å². The standard InChI is InChI=1S/C26H19ClN4O2/c27-25-15-22-23(16-29-25)28-13-12-24(22)33-21-10-8-19(9-11-21)30-26(32)18-5-4-14-31(17-18)20-6-2-1-3-7-20/h1-16H,17H2,(H,30,32). The van der Waals surface area contributed by atoms with Gasteiger partial charge in [-0.2, -0.15) is 0 Å². The minimum atomic E-state index is -0.142. The molecule has 5 rings (SSSR count). The molecule has 1 amide bonds. The molecular formula is C26H19ClN4O2. The van der Waals surface area contributed by atoms with Crippen molar-refractivity contribution in [1.82, 2.24) is 9.97 Å². The Bertz CT molecular complexity index is 1370. The molecule has 0 spiro atoms. The van der Waals surface area contributed by atoms with E-state index in [1.165, 1.54) is 0 Å². The topological polar surface area (TPSA) is 67.3 Å². The molecule has 0 radical (unpaired) electrons. The van der Waals surface area contributed by atoms with Crippen molar-refractivity contribution in [2.24, 2.45) is 0 Å². The predicted octanol–water partition coefficient (Wildman–Crippen LogP) is 5.97. The molecule has 7 heteroatoms. The number of carbonyl (C=O) groups excluding carboxylic acids is 1. The number of halogens is 1. The Morgan fingerprint density at radius 3 is 2.67 bits per heavy atom. The Balaban J connectivity index is 1.26. The van der Waals surface area contributed by atoms with Crippen LogP contribution in [0.1, 0.15) is 0 Å². The number of carbonyl (C=O) groups is 1. The Labute approximate surface area is 195 Å². The van der Waals surface area contributed by atoms with Gasteiger partial charge >= 0.3 is 0 Å². The summed E-state index contributed by atoms with van der Waals surface area (Å²) in [4.78, 5) is 23.2. The lowest BCUT2D eigenvalue weighted by Crippen LogP contribution is -2.28. The van der Waals surface area contributed by atoms with Crippen molar-refractivity contribution >= 4 is 39.8 Å². The first-order valence-electron chi connectivity index (χ1n) is 10.3. The number of nitrogens with one attached hydrogen (secondary N) is 1. The van der Waals surface area contributed by atoms with Gasteiger partial charge in [-0.05, 0) is 54.6 Å². The van der Waals surface area contributed by atoms with Gasteiger partial charge < -0.3 is 15.0 Å². The first-order valence-corrected chi connectivity index (χ1v) is 10.7. The maximum absolute atomic E-state index is 12.8. The third-order valence-electron chi connectivity index (χ3n) is 5.18. The highest BCUT2D eigenvalue weighted by molar-refractivity contribution is 6.30. The quantitative estimate of drug-likeness (QED) is 0.376. The summed E-state index contributed by atoms with van der Waals surface area (Å²) in [7, 11) is 0. The first-order chi connectivity index (χ1) is 16.2. The molecule has 1 aliphatic heterocycles. The van der Waals surface area contributed by atoms with E-state index in [1.807, 2.05) is 53.6 Å². The monoisotopic (exact) mass is 454 g/mol. The summed E-state index contributed by atoms with van der Waals surface area (Å²) in [6.07, 6.45) is 8.94. The summed E-state index contributed by atoms with van der Waals surface area (Å²) in [5, 5.41) is 4.10. The van der Waals surface area contributed by atoms with E-state index < -0.39 is 0 Å². The number of nitrogens with zero attached hydrogens (tertiary/aromatic N) is 3. The second-order valence-electron chi connectivity index (χ2n) is 7.41. The number of pyridine rings is 2. The van der Waals surface area contributed by atoms with Gasteiger partial charge in [0.1, 0.15) is 16.7 Å². The predicted molar refractivity (Wildman–Crippen MR) is 131 cm³/mol. The van der Waals surface area contributed by atoms with Crippen molar-refractivity contribution in [3.8, 4) is 11.5 Å². The highest BCUT2D eigenvalue weighted by Gasteiger charge is 2.16. The zero-order valence-corrected chi connectivity index (χ0v) is 18.2. The van der Waals surface area contributed by atoms with Crippen LogP contribution in [0.4, 0.5) is 11.4 Å². The smallest absolute Gasteiger partial charge is 0.253 e. The zero-order chi connectivity index (χ0) is 22.6. The fourth-order valence-corrected chi connectivity index (χ4v) is 3.69. The van der Waals surface area contributed by atoms with Crippen LogP contribution in [0, 0.1) is 0 Å². The van der Waals surface area contributed by atoms with Gasteiger partial charge in [-0.15, -0.1) is 0 Å². The maximum atomic E-state index is 12.8. The summed E-state index contributed by atoms with van der Waals surface area (Å²) in [6, 6.07) is 20.7. The summed E-state index contributed by atoms with van der Waals surface area (Å²) in [5.41, 5.74) is 3.09. The molecule has 1 aliphatic rings. The van der Waals surface area contributed by atoms with E-state index in [9.17, 15) is 4.79 Å². The van der Waals surface area contributed by atoms with Gasteiger partial charge in [-0.25, -0.2) is 4.98 Å². The van der Waals surface area contributed by atoms with Crippen molar-refractivity contribution in [2.75, 3.05) is 16.8 Å². The molecule has 2 aromatic heterocycles. The van der Waals surface area contributed by atoms with Crippen LogP contribution in [0.15, 0.2) is 103 Å². The lowest BCUT2D eigenvalue weighted by molar-refractivity contribution is -0.112. The van der Waals surface area contributed by atoms with Gasteiger partial charge in [0.2, 0.25) is 0 Å². The Kier molecular flexibility index (Phi) is 5.74. The first kappa shape index (κ1) is 20.7. The lowest BCUT2D eigenvalue weighted by atomic mass is 10.1. The zero-order valence-electron chi connectivity index (χ0n) is 17.5. The average Bonchev–Trinajstić information content (AvgIpc) is 2.86. The molecule has 1 N–H and O–H groups in total. The number of amides is 1. The summed E-state index contributed by atoms with van der Waals surface area (Å²) in [6.45, 7) is 0.500. The average molecular weight is 455 g/mol. The van der Waals surface area contributed by atoms with Crippen LogP contribution >= 0.6 is 11.6 Å². The van der Waals surface area contributed by atoms with Crippen molar-refractivity contribution < 1.29 is 9.53 Å². The molecule has 0 bridgehead atoms. The minimum absolute atomic E-state index is 0.142. The van der Waals surface area contributed by atoms with E-state index in [-0.39, 0.29) is 5.91 Å². The molecule has 2 aromatic carbocycles. The maximum Gasteiger partial charge on any atom is 0.253 e. The molecule has 4 aromatic rings. The molecule has 3 heterocycles. The Morgan fingerprint density at radius 1 is 1.03 bits per heavy atom. The number of para-hydroxylation sites is 1. The number of aromatic nitrogens is 2. The minimum Gasteiger partial charge on any atom is -0.457 e. The number of fused-ring (bicyclic) bond motifs is 1. The third kappa shape index (κ3) is 4.71. The fraction of sp³-hybridized carbons (Fsp3) is 0.0385. The summed E-state index contributed by atoms with van der Waals surface area (Å²) < 4.78 is 6.02. The van der Waals surface area contributed by atoms with Gasteiger partial charge in [0.05, 0.1) is 18.3 Å². The summed E-state index contributed by atoms with van der Waals surface area (Å²) in [5.74, 6) is 1.11. The Hall–Kier alpha value is -4.16. The van der Waals surface area contributed by atoms with Crippen LogP contribution in [-0.4, -0.2) is 22.4 Å². The van der Waals surface area contributed by atoms with Gasteiger partial charge in [-0.1, -0.05) is 35.9 Å². The fourth-order valence-electron chi connectivity index (χ4n) is 3.53. The molecule has 0 aliphatic carbocycles. The van der Waals surface area contributed by atoms with E-state index in [0.29, 0.717) is 40.0 Å². The number of allylic oxidation sites excluding steroid dienone is 2. The molecular weight excluding hydrogens is 436 g/mol. The third-order valence-corrected chi connectivity index (χ3v) is 5.38. The second kappa shape index (κ2) is 9.14. The molecule has 162 valence electrons. The van der Waals surface area contributed by atoms with E-state index in [0.717, 1.165) is 11.1 Å². The van der Waals surface area contributed by atoms with Gasteiger partial charge in [0.15, 0.2) is 0 Å². The van der Waals surface area contributed by atoms with Gasteiger partial charge in [0, 0.05) is 34.7 Å². The Morgan fingerprint density at radius 2 is 1.85 bits per heavy atom. The summed E-state index contributed by atoms with van der Waals surface area (Å²) >= 11 is 6.02. The lowest BCUT2D eigenvalue weighted by Gasteiger charge is -2.24. The highest BCUT2D eigenvalue weighted by atomic mass is 35.5. The molecule has 33 heavy (non-hydrogen) atoms. The molecule has 0 unspecified atom stereocenters. The number of anilines is 2. The largest absolute Gasteiger partial charge is 0.457 e. The van der Waals surface area contributed by atoms with Gasteiger partial charge in [0.25, 0.3) is 5.91 Å². The van der Waals surface area contributed by atoms with Crippen molar-refractivity contribution in [3.63, 3.8) is 0 Å². The second-order valence-corrected chi connectivity index (χ2v) is 7.80. The van der Waals surface area contributed by atoms with E-state index in [1.54, 1.807) is 48.8 Å².